The molecule has 41 heavy (non-hydrogen) atoms. The maximum absolute atomic E-state index is 14.7. The van der Waals surface area contributed by atoms with Crippen molar-refractivity contribution in [3.63, 3.8) is 0 Å². The van der Waals surface area contributed by atoms with E-state index in [1.54, 1.807) is 18.5 Å². The third kappa shape index (κ3) is 6.08. The normalized spacial score (nSPS) is 25.6. The van der Waals surface area contributed by atoms with Crippen molar-refractivity contribution in [3.05, 3.63) is 53.4 Å². The molecule has 1 amide bonds. The van der Waals surface area contributed by atoms with E-state index in [9.17, 15) is 23.6 Å². The van der Waals surface area contributed by atoms with Crippen LogP contribution in [-0.2, 0) is 4.79 Å². The summed E-state index contributed by atoms with van der Waals surface area (Å²) < 4.78 is 34.7. The molecule has 3 fully saturated rings. The van der Waals surface area contributed by atoms with E-state index in [4.69, 9.17) is 16.6 Å². The van der Waals surface area contributed by atoms with Gasteiger partial charge in [0.25, 0.3) is 0 Å². The minimum absolute atomic E-state index is 0.0934. The Balaban J connectivity index is 1.36. The monoisotopic (exact) mass is 615 g/mol. The van der Waals surface area contributed by atoms with Gasteiger partial charge in [-0.15, -0.1) is 11.3 Å². The molecule has 2 aromatic heterocycles. The number of carbonyl (C=O) groups is 1. The number of aromatic nitrogens is 2. The fraction of sp³-hybridized carbons (Fsp3) is 0.448. The number of thiazole rings is 1. The number of rotatable bonds is 6. The maximum atomic E-state index is 14.7. The average molecular weight is 616 g/mol. The van der Waals surface area contributed by atoms with Crippen LogP contribution in [0.2, 0.25) is 5.02 Å². The maximum Gasteiger partial charge on any atom is 0.225 e. The van der Waals surface area contributed by atoms with Gasteiger partial charge in [0, 0.05) is 48.6 Å². The van der Waals surface area contributed by atoms with Crippen molar-refractivity contribution < 1.29 is 18.3 Å². The minimum atomic E-state index is -2.49. The number of hydrogen-bond donors (Lipinski definition) is 3. The van der Waals surface area contributed by atoms with Gasteiger partial charge < -0.3 is 10.2 Å². The summed E-state index contributed by atoms with van der Waals surface area (Å²) in [5.41, 5.74) is 2.61. The van der Waals surface area contributed by atoms with E-state index in [0.29, 0.717) is 60.3 Å². The number of hydrogen-bond acceptors (Lipinski definition) is 8. The number of alkyl halides is 1. The average Bonchev–Trinajstić information content (AvgIpc) is 3.59. The Kier molecular flexibility index (Phi) is 7.72. The van der Waals surface area contributed by atoms with Crippen molar-refractivity contribution in [1.82, 2.24) is 15.3 Å². The molecule has 0 radical (unpaired) electrons. The highest BCUT2D eigenvalue weighted by Crippen LogP contribution is 2.47. The Morgan fingerprint density at radius 2 is 1.90 bits per heavy atom. The Morgan fingerprint density at radius 3 is 2.56 bits per heavy atom. The number of pyridine rings is 1. The fourth-order valence-corrected chi connectivity index (χ4v) is 8.23. The molecule has 6 rings (SSSR count). The largest absolute Gasteiger partial charge is 0.368 e. The van der Waals surface area contributed by atoms with Gasteiger partial charge >= 0.3 is 0 Å². The molecule has 0 unspecified atom stereocenters. The van der Waals surface area contributed by atoms with Crippen molar-refractivity contribution in [2.45, 2.75) is 49.7 Å². The predicted octanol–water partition coefficient (Wildman–Crippen LogP) is 6.49. The minimum Gasteiger partial charge on any atom is -0.368 e. The Hall–Kier alpha value is -2.75. The highest BCUT2D eigenvalue weighted by atomic mass is 35.5. The second kappa shape index (κ2) is 11.2. The number of nitriles is 1. The number of anilines is 1. The third-order valence-corrected chi connectivity index (χ3v) is 11.3. The van der Waals surface area contributed by atoms with E-state index in [2.05, 4.69) is 21.3 Å². The van der Waals surface area contributed by atoms with Gasteiger partial charge in [0.1, 0.15) is 16.7 Å². The number of carbonyl (C=O) groups excluding carboxylic acids is 1. The van der Waals surface area contributed by atoms with E-state index in [1.165, 1.54) is 11.3 Å². The second-order valence-electron chi connectivity index (χ2n) is 11.2. The van der Waals surface area contributed by atoms with Crippen LogP contribution in [-0.4, -0.2) is 61.3 Å². The number of benzene rings is 1. The molecule has 3 atom stereocenters. The van der Waals surface area contributed by atoms with Crippen LogP contribution in [0.25, 0.3) is 21.0 Å². The van der Waals surface area contributed by atoms with Crippen LogP contribution >= 0.6 is 33.5 Å². The first-order valence-corrected chi connectivity index (χ1v) is 16.8. The Labute approximate surface area is 248 Å². The van der Waals surface area contributed by atoms with Crippen LogP contribution < -0.4 is 10.2 Å². The summed E-state index contributed by atoms with van der Waals surface area (Å²) in [7, 11) is -2.49. The highest BCUT2D eigenvalue weighted by Gasteiger charge is 2.48. The molecule has 2 saturated carbocycles. The van der Waals surface area contributed by atoms with E-state index < -0.39 is 28.2 Å². The summed E-state index contributed by atoms with van der Waals surface area (Å²) in [5.74, 6) is -0.511. The molecule has 3 N–H and O–H groups in total. The number of nitrogens with one attached hydrogen (secondary N) is 1. The van der Waals surface area contributed by atoms with Crippen LogP contribution in [0.1, 0.15) is 43.7 Å². The first-order valence-electron chi connectivity index (χ1n) is 13.7. The van der Waals surface area contributed by atoms with E-state index in [0.717, 1.165) is 27.4 Å². The quantitative estimate of drug-likeness (QED) is 0.290. The Morgan fingerprint density at radius 1 is 1.17 bits per heavy atom. The SMILES string of the molecule is N#CC1(NC(=O)[C@@H]2C[C@@H](F)CC[C@H]2c2nc(-c3cncc(Cl)c3)sc2-c2ccc(N3CCS(O)(O)CC3)cc2)CC1. The van der Waals surface area contributed by atoms with Gasteiger partial charge in [-0.25, -0.2) is 9.37 Å². The molecule has 12 heteroatoms. The van der Waals surface area contributed by atoms with Crippen LogP contribution in [0.3, 0.4) is 0 Å². The molecule has 3 heterocycles. The van der Waals surface area contributed by atoms with Crippen LogP contribution in [0.15, 0.2) is 42.7 Å². The summed E-state index contributed by atoms with van der Waals surface area (Å²) in [4.78, 5) is 25.8. The van der Waals surface area contributed by atoms with Gasteiger partial charge in [-0.3, -0.25) is 18.9 Å². The van der Waals surface area contributed by atoms with Crippen molar-refractivity contribution in [2.24, 2.45) is 5.92 Å². The summed E-state index contributed by atoms with van der Waals surface area (Å²) in [6.07, 6.45) is 4.32. The molecule has 8 nitrogen and oxygen atoms in total. The molecule has 0 bridgehead atoms. The van der Waals surface area contributed by atoms with Gasteiger partial charge in [-0.05, 0) is 55.9 Å². The van der Waals surface area contributed by atoms with Crippen molar-refractivity contribution in [2.75, 3.05) is 29.5 Å². The Bertz CT molecular complexity index is 1480. The molecule has 1 saturated heterocycles. The van der Waals surface area contributed by atoms with E-state index in [-0.39, 0.29) is 18.2 Å². The topological polar surface area (TPSA) is 122 Å². The van der Waals surface area contributed by atoms with Crippen LogP contribution in [0.4, 0.5) is 10.1 Å². The zero-order valence-electron chi connectivity index (χ0n) is 22.3. The highest BCUT2D eigenvalue weighted by molar-refractivity contribution is 8.24. The molecular formula is C29H31ClFN5O3S2. The second-order valence-corrected chi connectivity index (χ2v) is 15.0. The molecule has 1 aliphatic heterocycles. The number of nitrogens with zero attached hydrogens (tertiary/aromatic N) is 4. The van der Waals surface area contributed by atoms with Crippen molar-refractivity contribution in [3.8, 4) is 27.1 Å². The van der Waals surface area contributed by atoms with Crippen LogP contribution in [0, 0.1) is 17.2 Å². The molecule has 0 spiro atoms. The fourth-order valence-electron chi connectivity index (χ4n) is 5.71. The van der Waals surface area contributed by atoms with Gasteiger partial charge in [0.2, 0.25) is 5.91 Å². The zero-order valence-corrected chi connectivity index (χ0v) is 24.7. The molecular weight excluding hydrogens is 585 g/mol. The first kappa shape index (κ1) is 28.4. The van der Waals surface area contributed by atoms with E-state index in [1.807, 2.05) is 24.3 Å². The standard InChI is InChI=1S/C29H31ClFN5O3S2/c30-20-13-19(15-33-16-20)28-34-25(23-6-3-21(31)14-24(23)27(37)35-29(17-32)7-8-29)26(40-28)18-1-4-22(5-2-18)36-9-11-41(38,39)12-10-36/h1-2,4-5,13,15-16,21,23-24,38-39H,3,6-12,14H2,(H,35,37)/t21-,23+,24+/m0/s1. The summed E-state index contributed by atoms with van der Waals surface area (Å²) in [6.45, 7) is 1.15. The smallest absolute Gasteiger partial charge is 0.225 e. The van der Waals surface area contributed by atoms with Gasteiger partial charge in [-0.1, -0.05) is 23.7 Å². The van der Waals surface area contributed by atoms with Crippen molar-refractivity contribution >= 4 is 45.1 Å². The lowest BCUT2D eigenvalue weighted by Crippen LogP contribution is -2.44. The predicted molar refractivity (Wildman–Crippen MR) is 161 cm³/mol. The number of amides is 1. The summed E-state index contributed by atoms with van der Waals surface area (Å²) >= 11 is 7.73. The van der Waals surface area contributed by atoms with Gasteiger partial charge in [0.05, 0.1) is 33.2 Å². The number of halogens is 2. The van der Waals surface area contributed by atoms with Crippen molar-refractivity contribution in [1.29, 1.82) is 5.26 Å². The zero-order chi connectivity index (χ0) is 28.8. The van der Waals surface area contributed by atoms with Gasteiger partial charge in [0.15, 0.2) is 0 Å². The molecule has 216 valence electrons. The van der Waals surface area contributed by atoms with Gasteiger partial charge in [-0.2, -0.15) is 15.9 Å². The summed E-state index contributed by atoms with van der Waals surface area (Å²) in [6, 6.07) is 12.1. The first-order chi connectivity index (χ1) is 19.7. The lowest BCUT2D eigenvalue weighted by atomic mass is 9.75. The molecule has 3 aromatic rings. The summed E-state index contributed by atoms with van der Waals surface area (Å²) in [5, 5.41) is 13.6. The van der Waals surface area contributed by atoms with E-state index >= 15 is 0 Å². The van der Waals surface area contributed by atoms with Crippen LogP contribution in [0.5, 0.6) is 0 Å². The third-order valence-electron chi connectivity index (χ3n) is 8.28. The lowest BCUT2D eigenvalue weighted by molar-refractivity contribution is -0.128. The molecule has 2 aliphatic carbocycles. The molecule has 1 aromatic carbocycles. The molecule has 3 aliphatic rings. The lowest BCUT2D eigenvalue weighted by Gasteiger charge is -2.41.